The molecule has 8 nitrogen and oxygen atoms in total. The van der Waals surface area contributed by atoms with Crippen LogP contribution in [0.5, 0.6) is 0 Å². The molecule has 38 heavy (non-hydrogen) atoms. The Hall–Kier alpha value is -3.10. The Balaban J connectivity index is 0.00000507. The smallest absolute Gasteiger partial charge is 0.231 e. The number of amides is 1. The number of hydrogen-bond donors (Lipinski definition) is 3. The predicted octanol–water partition coefficient (Wildman–Crippen LogP) is 4.43. The number of allylic oxidation sites excluding steroid dienone is 1. The molecular weight excluding hydrogens is 478 g/mol. The molecule has 4 atom stereocenters. The van der Waals surface area contributed by atoms with E-state index in [1.165, 1.54) is 5.69 Å². The van der Waals surface area contributed by atoms with E-state index in [1.807, 2.05) is 43.2 Å². The van der Waals surface area contributed by atoms with Crippen LogP contribution in [0.25, 0.3) is 6.08 Å². The summed E-state index contributed by atoms with van der Waals surface area (Å²) < 4.78 is 5.85. The molecule has 1 aromatic rings. The molecule has 0 saturated carbocycles. The summed E-state index contributed by atoms with van der Waals surface area (Å²) in [6, 6.07) is 8.47. The van der Waals surface area contributed by atoms with Crippen molar-refractivity contribution in [3.05, 3.63) is 60.0 Å². The number of aliphatic hydroxyl groups is 1. The molecule has 2 aliphatic heterocycles. The number of anilines is 1. The molecule has 0 spiro atoms. The Bertz CT molecular complexity index is 1050. The molecule has 2 unspecified atom stereocenters. The number of aliphatic hydroxyl groups excluding tert-OH is 1. The van der Waals surface area contributed by atoms with Crippen molar-refractivity contribution in [2.45, 2.75) is 66.8 Å². The molecule has 2 aliphatic rings. The first-order valence-corrected chi connectivity index (χ1v) is 13.1. The first kappa shape index (κ1) is 31.1. The number of nitrogens with zero attached hydrogens (tertiary/aromatic N) is 3. The fourth-order valence-electron chi connectivity index (χ4n) is 4.75. The number of nitrogens with two attached hydrogens (primary N) is 1. The number of morpholine rings is 1. The lowest BCUT2D eigenvalue weighted by atomic mass is 9.91. The van der Waals surface area contributed by atoms with E-state index >= 15 is 0 Å². The number of carbonyl (C=O) groups is 1. The highest BCUT2D eigenvalue weighted by Crippen LogP contribution is 2.27. The topological polar surface area (TPSA) is 103 Å². The molecular formula is C30H51N5O3. The molecule has 4 N–H and O–H groups in total. The Morgan fingerprint density at radius 2 is 2.08 bits per heavy atom. The van der Waals surface area contributed by atoms with Crippen LogP contribution in [-0.4, -0.2) is 72.8 Å². The van der Waals surface area contributed by atoms with Crippen LogP contribution < -0.4 is 16.0 Å². The van der Waals surface area contributed by atoms with Crippen molar-refractivity contribution >= 4 is 23.5 Å². The van der Waals surface area contributed by atoms with E-state index in [4.69, 9.17) is 10.5 Å². The molecule has 0 radical (unpaired) electrons. The van der Waals surface area contributed by atoms with Gasteiger partial charge in [0.15, 0.2) is 0 Å². The zero-order valence-corrected chi connectivity index (χ0v) is 22.9. The lowest BCUT2D eigenvalue weighted by molar-refractivity contribution is -0.127. The van der Waals surface area contributed by atoms with Gasteiger partial charge in [-0.15, -0.1) is 0 Å². The van der Waals surface area contributed by atoms with Crippen molar-refractivity contribution in [2.24, 2.45) is 16.1 Å². The fourth-order valence-corrected chi connectivity index (χ4v) is 4.75. The minimum absolute atomic E-state index is 0. The normalized spacial score (nSPS) is 25.0. The van der Waals surface area contributed by atoms with Crippen molar-refractivity contribution < 1.29 is 17.5 Å². The van der Waals surface area contributed by atoms with E-state index in [-0.39, 0.29) is 28.4 Å². The molecule has 214 valence electrons. The Labute approximate surface area is 231 Å². The molecule has 1 aromatic carbocycles. The number of nitrogens with one attached hydrogen (secondary N) is 1. The third kappa shape index (κ3) is 9.03. The molecule has 3 rings (SSSR count). The number of amidine groups is 1. The van der Waals surface area contributed by atoms with Crippen molar-refractivity contribution in [2.75, 3.05) is 37.6 Å². The van der Waals surface area contributed by atoms with Gasteiger partial charge in [0.05, 0.1) is 36.0 Å². The number of β-amino-alcohol motifs (C(OH)–C–C–N with tert-alkyl or cyclic N) is 1. The van der Waals surface area contributed by atoms with Crippen LogP contribution in [0.15, 0.2) is 59.4 Å². The predicted molar refractivity (Wildman–Crippen MR) is 162 cm³/mol. The van der Waals surface area contributed by atoms with Crippen molar-refractivity contribution in [3.63, 3.8) is 0 Å². The van der Waals surface area contributed by atoms with Crippen LogP contribution in [0.1, 0.15) is 56.9 Å². The van der Waals surface area contributed by atoms with Gasteiger partial charge in [0, 0.05) is 41.1 Å². The second-order valence-corrected chi connectivity index (χ2v) is 10.4. The maximum Gasteiger partial charge on any atom is 0.231 e. The van der Waals surface area contributed by atoms with Gasteiger partial charge in [0.2, 0.25) is 5.91 Å². The lowest BCUT2D eigenvalue weighted by Gasteiger charge is -2.37. The number of carbonyl (C=O) groups excluding carboxylic acids is 1. The van der Waals surface area contributed by atoms with Crippen molar-refractivity contribution in [1.29, 1.82) is 0 Å². The lowest BCUT2D eigenvalue weighted by Crippen LogP contribution is -2.45. The van der Waals surface area contributed by atoms with Gasteiger partial charge in [-0.2, -0.15) is 0 Å². The van der Waals surface area contributed by atoms with E-state index in [9.17, 15) is 9.90 Å². The molecule has 1 amide bonds. The van der Waals surface area contributed by atoms with Gasteiger partial charge < -0.3 is 30.7 Å². The zero-order chi connectivity index (χ0) is 27.0. The second kappa shape index (κ2) is 14.2. The number of aliphatic imine (C=N–C) groups is 1. The van der Waals surface area contributed by atoms with E-state index in [0.717, 1.165) is 18.7 Å². The monoisotopic (exact) mass is 529 g/mol. The summed E-state index contributed by atoms with van der Waals surface area (Å²) in [7, 11) is 0. The van der Waals surface area contributed by atoms with Crippen LogP contribution >= 0.6 is 0 Å². The Morgan fingerprint density at radius 1 is 1.37 bits per heavy atom. The minimum atomic E-state index is -0.641. The summed E-state index contributed by atoms with van der Waals surface area (Å²) in [5, 5.41) is 12.6. The van der Waals surface area contributed by atoms with Gasteiger partial charge in [-0.3, -0.25) is 4.79 Å². The van der Waals surface area contributed by atoms with Crippen molar-refractivity contribution in [3.8, 4) is 0 Å². The molecule has 0 aromatic heterocycles. The highest BCUT2D eigenvalue weighted by atomic mass is 16.5. The summed E-state index contributed by atoms with van der Waals surface area (Å²) in [5.41, 5.74) is 8.56. The van der Waals surface area contributed by atoms with Gasteiger partial charge in [0.1, 0.15) is 5.84 Å². The molecule has 0 aliphatic carbocycles. The van der Waals surface area contributed by atoms with Crippen molar-refractivity contribution in [1.82, 2.24) is 10.2 Å². The summed E-state index contributed by atoms with van der Waals surface area (Å²) in [6.07, 6.45) is 10.2. The quantitative estimate of drug-likeness (QED) is 0.306. The molecule has 0 bridgehead atoms. The van der Waals surface area contributed by atoms with Crippen LogP contribution in [0.4, 0.5) is 5.69 Å². The minimum Gasteiger partial charge on any atom is -0.392 e. The van der Waals surface area contributed by atoms with Crippen LogP contribution in [0.3, 0.4) is 0 Å². The Kier molecular flexibility index (Phi) is 11.6. The number of benzene rings is 1. The van der Waals surface area contributed by atoms with Gasteiger partial charge in [0.25, 0.3) is 0 Å². The zero-order valence-electron chi connectivity index (χ0n) is 22.9. The highest BCUT2D eigenvalue weighted by Gasteiger charge is 2.36. The summed E-state index contributed by atoms with van der Waals surface area (Å²) >= 11 is 0. The first-order valence-electron chi connectivity index (χ1n) is 13.1. The van der Waals surface area contributed by atoms with E-state index < -0.39 is 11.5 Å². The SMILES string of the molecule is C.C/C=C(/CNC(=O)C1(C)C=CN(CC(C)O)C1)N=C(N)C/C=C/c1cccc(N2C[C@@H](C)O[C@@H](C)C2)c1.[HH].[HH]. The van der Waals surface area contributed by atoms with Crippen LogP contribution in [0.2, 0.25) is 0 Å². The number of rotatable bonds is 10. The van der Waals surface area contributed by atoms with Crippen LogP contribution in [-0.2, 0) is 9.53 Å². The van der Waals surface area contributed by atoms with Gasteiger partial charge in [-0.05, 0) is 58.5 Å². The maximum atomic E-state index is 12.8. The van der Waals surface area contributed by atoms with Gasteiger partial charge in [-0.1, -0.05) is 43.9 Å². The largest absolute Gasteiger partial charge is 0.392 e. The van der Waals surface area contributed by atoms with E-state index in [0.29, 0.717) is 37.6 Å². The average molecular weight is 530 g/mol. The summed E-state index contributed by atoms with van der Waals surface area (Å²) in [4.78, 5) is 21.7. The Morgan fingerprint density at radius 3 is 2.74 bits per heavy atom. The third-order valence-electron chi connectivity index (χ3n) is 6.54. The molecule has 8 heteroatoms. The number of ether oxygens (including phenoxy) is 1. The molecule has 1 fully saturated rings. The summed E-state index contributed by atoms with van der Waals surface area (Å²) in [6.45, 7) is 12.9. The maximum absolute atomic E-state index is 12.8. The van der Waals surface area contributed by atoms with E-state index in [1.54, 1.807) is 6.92 Å². The summed E-state index contributed by atoms with van der Waals surface area (Å²) in [5.74, 6) is 0.412. The fraction of sp³-hybridized carbons (Fsp3) is 0.533. The standard InChI is InChI=1S/C29H43N5O3.CH4.2H2/c1-6-25(16-31-28(36)29(5)13-14-33(20-29)17-21(2)35)32-27(30)12-8-10-24-9-7-11-26(15-24)34-18-22(3)37-23(4)19-34;;;/h6-11,13-15,21-23,35H,12,16-20H2,1-5H3,(H2,30,32)(H,31,36);1H4;2*1H/b10-8+,25-6-;;;/t21?,22-,23+,29?;;;. The molecule has 2 heterocycles. The van der Waals surface area contributed by atoms with Gasteiger partial charge >= 0.3 is 0 Å². The highest BCUT2D eigenvalue weighted by molar-refractivity contribution is 5.86. The first-order chi connectivity index (χ1) is 17.6. The van der Waals surface area contributed by atoms with Crippen LogP contribution in [0, 0.1) is 5.41 Å². The number of hydrogen-bond acceptors (Lipinski definition) is 6. The average Bonchev–Trinajstić information content (AvgIpc) is 3.22. The van der Waals surface area contributed by atoms with E-state index in [2.05, 4.69) is 59.4 Å². The second-order valence-electron chi connectivity index (χ2n) is 10.4. The molecule has 1 saturated heterocycles. The van der Waals surface area contributed by atoms with Gasteiger partial charge in [-0.25, -0.2) is 4.99 Å². The third-order valence-corrected chi connectivity index (χ3v) is 6.54.